The molecule has 0 amide bonds. The number of rotatable bonds is 7. The van der Waals surface area contributed by atoms with Gasteiger partial charge in [0.15, 0.2) is 0 Å². The van der Waals surface area contributed by atoms with Crippen LogP contribution < -0.4 is 4.74 Å². The summed E-state index contributed by atoms with van der Waals surface area (Å²) in [6.07, 6.45) is 4.11. The second-order valence-corrected chi connectivity index (χ2v) is 6.85. The summed E-state index contributed by atoms with van der Waals surface area (Å²) in [5, 5.41) is 8.92. The lowest BCUT2D eigenvalue weighted by Crippen LogP contribution is -1.95. The number of ether oxygens (including phenoxy) is 1. The molecule has 144 valence electrons. The number of benzene rings is 3. The lowest BCUT2D eigenvalue weighted by molar-refractivity contribution is 0.327. The minimum Gasteiger partial charge on any atom is -0.493 e. The summed E-state index contributed by atoms with van der Waals surface area (Å²) >= 11 is 0. The molecule has 29 heavy (non-hydrogen) atoms. The Morgan fingerprint density at radius 2 is 1.17 bits per heavy atom. The third kappa shape index (κ3) is 6.00. The summed E-state index contributed by atoms with van der Waals surface area (Å²) in [6.45, 7) is 2.80. The molecule has 3 aromatic rings. The van der Waals surface area contributed by atoms with Crippen molar-refractivity contribution in [3.8, 4) is 45.9 Å². The average molecular weight is 380 g/mol. The molecule has 0 aliphatic rings. The second kappa shape index (κ2) is 10.7. The van der Waals surface area contributed by atoms with E-state index in [1.54, 1.807) is 0 Å². The lowest BCUT2D eigenvalue weighted by Gasteiger charge is -2.07. The average Bonchev–Trinajstić information content (AvgIpc) is 2.79. The first-order valence-electron chi connectivity index (χ1n) is 10.1. The van der Waals surface area contributed by atoms with Crippen molar-refractivity contribution in [3.05, 3.63) is 78.4 Å². The first-order chi connectivity index (χ1) is 14.3. The van der Waals surface area contributed by atoms with Gasteiger partial charge in [-0.2, -0.15) is 5.26 Å². The molecule has 0 saturated heterocycles. The van der Waals surface area contributed by atoms with Gasteiger partial charge in [0.05, 0.1) is 18.2 Å². The van der Waals surface area contributed by atoms with Crippen LogP contribution >= 0.6 is 0 Å². The monoisotopic (exact) mass is 379 g/mol. The van der Waals surface area contributed by atoms with E-state index in [4.69, 9.17) is 10.00 Å². The fraction of sp³-hybridized carbons (Fsp3) is 0.222. The summed E-state index contributed by atoms with van der Waals surface area (Å²) in [5.74, 6) is 7.22. The van der Waals surface area contributed by atoms with E-state index in [0.717, 1.165) is 40.8 Å². The molecule has 0 aliphatic carbocycles. The molecular formula is C27H25NO. The van der Waals surface area contributed by atoms with Gasteiger partial charge in [-0.1, -0.05) is 67.8 Å². The Hall–Kier alpha value is -3.49. The molecule has 0 unspecified atom stereocenters. The molecule has 3 rings (SSSR count). The van der Waals surface area contributed by atoms with Gasteiger partial charge in [0.25, 0.3) is 0 Å². The highest BCUT2D eigenvalue weighted by Crippen LogP contribution is 2.26. The molecule has 0 spiro atoms. The highest BCUT2D eigenvalue weighted by molar-refractivity contribution is 5.71. The number of unbranched alkanes of at least 4 members (excludes halogenated alkanes) is 2. The van der Waals surface area contributed by atoms with E-state index in [0.29, 0.717) is 12.2 Å². The van der Waals surface area contributed by atoms with Crippen LogP contribution in [0.1, 0.15) is 38.2 Å². The van der Waals surface area contributed by atoms with Gasteiger partial charge in [0.2, 0.25) is 0 Å². The molecule has 0 heterocycles. The molecule has 0 saturated carbocycles. The maximum Gasteiger partial charge on any atom is 0.119 e. The number of hydrogen-bond donors (Lipinski definition) is 0. The normalized spacial score (nSPS) is 9.93. The smallest absolute Gasteiger partial charge is 0.119 e. The zero-order valence-corrected chi connectivity index (χ0v) is 16.8. The van der Waals surface area contributed by atoms with E-state index in [-0.39, 0.29) is 0 Å². The quantitative estimate of drug-likeness (QED) is 0.332. The van der Waals surface area contributed by atoms with Crippen molar-refractivity contribution < 1.29 is 4.74 Å². The van der Waals surface area contributed by atoms with E-state index >= 15 is 0 Å². The van der Waals surface area contributed by atoms with Gasteiger partial charge in [-0.05, 0) is 52.9 Å². The highest BCUT2D eigenvalue weighted by atomic mass is 16.5. The van der Waals surface area contributed by atoms with Gasteiger partial charge < -0.3 is 4.74 Å². The molecule has 3 aromatic carbocycles. The van der Waals surface area contributed by atoms with E-state index in [1.807, 2.05) is 36.4 Å². The molecule has 0 bridgehead atoms. The zero-order chi connectivity index (χ0) is 20.3. The van der Waals surface area contributed by atoms with Crippen LogP contribution in [0, 0.1) is 23.2 Å². The predicted octanol–water partition coefficient (Wildman–Crippen LogP) is 6.85. The summed E-state index contributed by atoms with van der Waals surface area (Å²) in [4.78, 5) is 0. The molecule has 0 radical (unpaired) electrons. The minimum absolute atomic E-state index is 0.623. The Kier molecular flexibility index (Phi) is 7.50. The minimum atomic E-state index is 0.623. The summed E-state index contributed by atoms with van der Waals surface area (Å²) in [7, 11) is 0. The van der Waals surface area contributed by atoms with Crippen molar-refractivity contribution in [3.63, 3.8) is 0 Å². The first-order valence-corrected chi connectivity index (χ1v) is 10.1. The van der Waals surface area contributed by atoms with Gasteiger partial charge in [0, 0.05) is 12.8 Å². The van der Waals surface area contributed by atoms with Crippen LogP contribution in [0.15, 0.2) is 72.8 Å². The van der Waals surface area contributed by atoms with E-state index in [9.17, 15) is 0 Å². The molecule has 0 fully saturated rings. The maximum absolute atomic E-state index is 8.92. The van der Waals surface area contributed by atoms with Crippen molar-refractivity contribution in [1.29, 1.82) is 5.26 Å². The molecule has 0 aliphatic heterocycles. The van der Waals surface area contributed by atoms with E-state index in [2.05, 4.69) is 61.2 Å². The second-order valence-electron chi connectivity index (χ2n) is 6.85. The van der Waals surface area contributed by atoms with Crippen molar-refractivity contribution in [1.82, 2.24) is 0 Å². The maximum atomic E-state index is 8.92. The van der Waals surface area contributed by atoms with Crippen molar-refractivity contribution in [2.24, 2.45) is 0 Å². The molecule has 2 heteroatoms. The van der Waals surface area contributed by atoms with Gasteiger partial charge in [-0.3, -0.25) is 0 Å². The SMILES string of the molecule is CCCCC#CCCOc1ccc(-c2ccc(-c3ccc(C#N)cc3)cc2)cc1. The largest absolute Gasteiger partial charge is 0.493 e. The predicted molar refractivity (Wildman–Crippen MR) is 119 cm³/mol. The van der Waals surface area contributed by atoms with E-state index in [1.165, 1.54) is 12.8 Å². The van der Waals surface area contributed by atoms with Crippen LogP contribution in [0.3, 0.4) is 0 Å². The third-order valence-electron chi connectivity index (χ3n) is 4.70. The Labute approximate surface area is 173 Å². The van der Waals surface area contributed by atoms with Crippen molar-refractivity contribution in [2.75, 3.05) is 6.61 Å². The fourth-order valence-corrected chi connectivity index (χ4v) is 3.00. The van der Waals surface area contributed by atoms with Gasteiger partial charge >= 0.3 is 0 Å². The molecule has 0 atom stereocenters. The third-order valence-corrected chi connectivity index (χ3v) is 4.70. The van der Waals surface area contributed by atoms with Crippen LogP contribution in [0.2, 0.25) is 0 Å². The number of nitriles is 1. The number of hydrogen-bond acceptors (Lipinski definition) is 2. The summed E-state index contributed by atoms with van der Waals surface area (Å²) < 4.78 is 5.77. The summed E-state index contributed by atoms with van der Waals surface area (Å²) in [6, 6.07) is 26.4. The zero-order valence-electron chi connectivity index (χ0n) is 16.8. The van der Waals surface area contributed by atoms with Crippen LogP contribution in [0.25, 0.3) is 22.3 Å². The Bertz CT molecular complexity index is 998. The Balaban J connectivity index is 1.56. The fourth-order valence-electron chi connectivity index (χ4n) is 3.00. The van der Waals surface area contributed by atoms with Crippen LogP contribution in [-0.2, 0) is 0 Å². The molecule has 0 N–H and O–H groups in total. The van der Waals surface area contributed by atoms with Gasteiger partial charge in [-0.25, -0.2) is 0 Å². The summed E-state index contributed by atoms with van der Waals surface area (Å²) in [5.41, 5.74) is 5.24. The standard InChI is InChI=1S/C27H25NO/c1-2-3-4-5-6-7-20-29-27-18-16-26(17-19-27)25-14-12-24(13-15-25)23-10-8-22(21-28)9-11-23/h8-19H,2-4,7,20H2,1H3. The molecular weight excluding hydrogens is 354 g/mol. The van der Waals surface area contributed by atoms with Crippen LogP contribution in [-0.4, -0.2) is 6.61 Å². The van der Waals surface area contributed by atoms with Crippen molar-refractivity contribution >= 4 is 0 Å². The van der Waals surface area contributed by atoms with Gasteiger partial charge in [0.1, 0.15) is 5.75 Å². The van der Waals surface area contributed by atoms with Crippen LogP contribution in [0.4, 0.5) is 0 Å². The van der Waals surface area contributed by atoms with Crippen LogP contribution in [0.5, 0.6) is 5.75 Å². The topological polar surface area (TPSA) is 33.0 Å². The molecule has 2 nitrogen and oxygen atoms in total. The van der Waals surface area contributed by atoms with Gasteiger partial charge in [-0.15, -0.1) is 5.92 Å². The molecule has 0 aromatic heterocycles. The van der Waals surface area contributed by atoms with Crippen molar-refractivity contribution in [2.45, 2.75) is 32.6 Å². The number of nitrogens with zero attached hydrogens (tertiary/aromatic N) is 1. The lowest BCUT2D eigenvalue weighted by atomic mass is 10.00. The Morgan fingerprint density at radius 1 is 0.690 bits per heavy atom. The highest BCUT2D eigenvalue weighted by Gasteiger charge is 2.02. The Morgan fingerprint density at radius 3 is 1.69 bits per heavy atom. The first kappa shape index (κ1) is 20.2. The van der Waals surface area contributed by atoms with E-state index < -0.39 is 0 Å².